The van der Waals surface area contributed by atoms with Crippen LogP contribution in [0.25, 0.3) is 0 Å². The minimum Gasteiger partial charge on any atom is -0.389 e. The molecule has 0 aliphatic heterocycles. The van der Waals surface area contributed by atoms with Gasteiger partial charge < -0.3 is 10.0 Å². The molecule has 1 aliphatic rings. The summed E-state index contributed by atoms with van der Waals surface area (Å²) < 4.78 is 0. The minimum atomic E-state index is -0.461. The lowest BCUT2D eigenvalue weighted by Gasteiger charge is -2.27. The summed E-state index contributed by atoms with van der Waals surface area (Å²) in [5, 5.41) is 10.4. The molecule has 1 aromatic carbocycles. The lowest BCUT2D eigenvalue weighted by Crippen LogP contribution is -2.28. The molecular formula is C16H24ClNO. The van der Waals surface area contributed by atoms with Crippen LogP contribution >= 0.6 is 11.6 Å². The van der Waals surface area contributed by atoms with Gasteiger partial charge in [0.2, 0.25) is 0 Å². The molecule has 1 fully saturated rings. The second-order valence-corrected chi connectivity index (χ2v) is 6.40. The van der Waals surface area contributed by atoms with E-state index in [1.54, 1.807) is 6.92 Å². The average molecular weight is 282 g/mol. The van der Waals surface area contributed by atoms with Gasteiger partial charge in [-0.2, -0.15) is 0 Å². The van der Waals surface area contributed by atoms with Crippen LogP contribution in [0.3, 0.4) is 0 Å². The molecule has 19 heavy (non-hydrogen) atoms. The quantitative estimate of drug-likeness (QED) is 0.835. The van der Waals surface area contributed by atoms with Gasteiger partial charge >= 0.3 is 0 Å². The summed E-state index contributed by atoms with van der Waals surface area (Å²) in [6, 6.07) is 6.60. The van der Waals surface area contributed by atoms with Gasteiger partial charge in [-0.05, 0) is 49.8 Å². The molecule has 1 atom stereocenters. The number of aliphatic hydroxyl groups is 1. The van der Waals surface area contributed by atoms with E-state index in [1.807, 2.05) is 12.1 Å². The zero-order valence-corrected chi connectivity index (χ0v) is 12.8. The third kappa shape index (κ3) is 3.87. The predicted octanol–water partition coefficient (Wildman–Crippen LogP) is 4.41. The Balaban J connectivity index is 2.17. The van der Waals surface area contributed by atoms with E-state index in [-0.39, 0.29) is 0 Å². The van der Waals surface area contributed by atoms with Crippen LogP contribution in [0, 0.1) is 5.92 Å². The van der Waals surface area contributed by atoms with E-state index < -0.39 is 6.10 Å². The molecule has 106 valence electrons. The molecular weight excluding hydrogens is 258 g/mol. The molecule has 0 amide bonds. The summed E-state index contributed by atoms with van der Waals surface area (Å²) in [4.78, 5) is 2.44. The molecule has 0 radical (unpaired) electrons. The Morgan fingerprint density at radius 3 is 2.47 bits per heavy atom. The topological polar surface area (TPSA) is 23.5 Å². The number of halogens is 1. The fraction of sp³-hybridized carbons (Fsp3) is 0.625. The monoisotopic (exact) mass is 281 g/mol. The van der Waals surface area contributed by atoms with Crippen molar-refractivity contribution in [2.45, 2.75) is 52.2 Å². The third-order valence-electron chi connectivity index (χ3n) is 3.70. The van der Waals surface area contributed by atoms with Gasteiger partial charge in [0.1, 0.15) is 0 Å². The molecule has 0 aromatic heterocycles. The fourth-order valence-electron chi connectivity index (χ4n) is 2.30. The minimum absolute atomic E-state index is 0.461. The smallest absolute Gasteiger partial charge is 0.0762 e. The van der Waals surface area contributed by atoms with Gasteiger partial charge in [-0.15, -0.1) is 0 Å². The van der Waals surface area contributed by atoms with Gasteiger partial charge in [-0.3, -0.25) is 0 Å². The van der Waals surface area contributed by atoms with Gasteiger partial charge in [0.15, 0.2) is 0 Å². The van der Waals surface area contributed by atoms with Crippen LogP contribution in [0.4, 0.5) is 5.69 Å². The van der Waals surface area contributed by atoms with Gasteiger partial charge in [-0.1, -0.05) is 31.5 Å². The molecule has 1 saturated carbocycles. The van der Waals surface area contributed by atoms with Crippen LogP contribution in [-0.2, 0) is 0 Å². The van der Waals surface area contributed by atoms with Gasteiger partial charge in [0, 0.05) is 12.6 Å². The summed E-state index contributed by atoms with van der Waals surface area (Å²) in [5.74, 6) is 0.705. The van der Waals surface area contributed by atoms with Crippen molar-refractivity contribution in [3.05, 3.63) is 28.8 Å². The van der Waals surface area contributed by atoms with E-state index in [0.717, 1.165) is 22.8 Å². The van der Waals surface area contributed by atoms with Crippen LogP contribution in [0.2, 0.25) is 5.02 Å². The van der Waals surface area contributed by atoms with Crippen molar-refractivity contribution in [2.24, 2.45) is 5.92 Å². The molecule has 0 saturated heterocycles. The molecule has 2 rings (SSSR count). The Hall–Kier alpha value is -0.730. The van der Waals surface area contributed by atoms with E-state index in [2.05, 4.69) is 24.8 Å². The van der Waals surface area contributed by atoms with Crippen molar-refractivity contribution in [3.63, 3.8) is 0 Å². The van der Waals surface area contributed by atoms with Crippen molar-refractivity contribution >= 4 is 17.3 Å². The van der Waals surface area contributed by atoms with Crippen LogP contribution in [0.1, 0.15) is 51.7 Å². The summed E-state index contributed by atoms with van der Waals surface area (Å²) in [5.41, 5.74) is 2.00. The number of rotatable bonds is 6. The van der Waals surface area contributed by atoms with Crippen molar-refractivity contribution in [3.8, 4) is 0 Å². The lowest BCUT2D eigenvalue weighted by atomic mass is 10.1. The Morgan fingerprint density at radius 1 is 1.32 bits per heavy atom. The summed E-state index contributed by atoms with van der Waals surface area (Å²) in [6.07, 6.45) is 3.26. The number of nitrogens with zero attached hydrogens (tertiary/aromatic N) is 1. The molecule has 0 heterocycles. The number of aliphatic hydroxyl groups excluding tert-OH is 1. The van der Waals surface area contributed by atoms with Crippen molar-refractivity contribution in [2.75, 3.05) is 11.4 Å². The molecule has 1 aromatic rings. The molecule has 3 heteroatoms. The molecule has 0 spiro atoms. The number of anilines is 1. The number of hydrogen-bond donors (Lipinski definition) is 1. The fourth-order valence-corrected chi connectivity index (χ4v) is 2.60. The van der Waals surface area contributed by atoms with Crippen LogP contribution in [0.5, 0.6) is 0 Å². The second-order valence-electron chi connectivity index (χ2n) is 5.99. The molecule has 2 nitrogen and oxygen atoms in total. The summed E-state index contributed by atoms with van der Waals surface area (Å²) in [7, 11) is 0. The Kier molecular flexibility index (Phi) is 4.75. The van der Waals surface area contributed by atoms with E-state index in [1.165, 1.54) is 19.3 Å². The lowest BCUT2D eigenvalue weighted by molar-refractivity contribution is 0.199. The first kappa shape index (κ1) is 14.7. The van der Waals surface area contributed by atoms with Gasteiger partial charge in [-0.25, -0.2) is 0 Å². The van der Waals surface area contributed by atoms with E-state index >= 15 is 0 Å². The van der Waals surface area contributed by atoms with E-state index in [0.29, 0.717) is 12.0 Å². The summed E-state index contributed by atoms with van der Waals surface area (Å²) >= 11 is 6.40. The average Bonchev–Trinajstić information content (AvgIpc) is 3.14. The highest BCUT2D eigenvalue weighted by molar-refractivity contribution is 6.33. The Morgan fingerprint density at radius 2 is 2.00 bits per heavy atom. The highest BCUT2D eigenvalue weighted by Crippen LogP contribution is 2.37. The van der Waals surface area contributed by atoms with Crippen molar-refractivity contribution < 1.29 is 5.11 Å². The first-order valence-electron chi connectivity index (χ1n) is 7.23. The van der Waals surface area contributed by atoms with Crippen LogP contribution < -0.4 is 4.90 Å². The Bertz CT molecular complexity index is 427. The maximum Gasteiger partial charge on any atom is 0.0762 e. The normalized spacial score (nSPS) is 16.7. The van der Waals surface area contributed by atoms with Gasteiger partial charge in [0.25, 0.3) is 0 Å². The van der Waals surface area contributed by atoms with Crippen LogP contribution in [-0.4, -0.2) is 17.7 Å². The standard InChI is InChI=1S/C16H24ClNO/c1-11(2)8-9-18(14-5-6-14)16-7-4-13(12(3)19)10-15(16)17/h4,7,10-12,14,19H,5-6,8-9H2,1-3H3/t12-/m1/s1. The van der Waals surface area contributed by atoms with E-state index in [4.69, 9.17) is 11.6 Å². The maximum atomic E-state index is 9.60. The zero-order chi connectivity index (χ0) is 14.0. The zero-order valence-electron chi connectivity index (χ0n) is 12.1. The molecule has 0 unspecified atom stereocenters. The predicted molar refractivity (Wildman–Crippen MR) is 81.9 cm³/mol. The molecule has 1 aliphatic carbocycles. The number of hydrogen-bond acceptors (Lipinski definition) is 2. The first-order valence-corrected chi connectivity index (χ1v) is 7.61. The Labute approximate surface area is 121 Å². The third-order valence-corrected chi connectivity index (χ3v) is 4.00. The molecule has 1 N–H and O–H groups in total. The largest absolute Gasteiger partial charge is 0.389 e. The molecule has 0 bridgehead atoms. The highest BCUT2D eigenvalue weighted by Gasteiger charge is 2.30. The maximum absolute atomic E-state index is 9.60. The van der Waals surface area contributed by atoms with Gasteiger partial charge in [0.05, 0.1) is 16.8 Å². The van der Waals surface area contributed by atoms with Crippen molar-refractivity contribution in [1.29, 1.82) is 0 Å². The summed E-state index contributed by atoms with van der Waals surface area (Å²) in [6.45, 7) is 7.34. The second kappa shape index (κ2) is 6.15. The van der Waals surface area contributed by atoms with Crippen LogP contribution in [0.15, 0.2) is 18.2 Å². The number of benzene rings is 1. The highest BCUT2D eigenvalue weighted by atomic mass is 35.5. The van der Waals surface area contributed by atoms with E-state index in [9.17, 15) is 5.11 Å². The SMILES string of the molecule is CC(C)CCN(c1ccc([C@@H](C)O)cc1Cl)C1CC1. The van der Waals surface area contributed by atoms with Crippen molar-refractivity contribution in [1.82, 2.24) is 0 Å². The first-order chi connectivity index (χ1) is 8.99.